The Labute approximate surface area is 241 Å². The Morgan fingerprint density at radius 2 is 1.69 bits per heavy atom. The topological polar surface area (TPSA) is 40.6 Å². The van der Waals surface area contributed by atoms with Crippen LogP contribution in [0.5, 0.6) is 0 Å². The Balaban J connectivity index is 1.42. The summed E-state index contributed by atoms with van der Waals surface area (Å²) in [5.41, 5.74) is 4.58. The maximum Gasteiger partial charge on any atom is 0.237 e. The molecule has 2 fully saturated rings. The van der Waals surface area contributed by atoms with Crippen LogP contribution >= 0.6 is 15.9 Å². The molecule has 0 aromatic heterocycles. The molecule has 1 spiro atoms. The van der Waals surface area contributed by atoms with Crippen molar-refractivity contribution in [2.45, 2.75) is 97.1 Å². The zero-order chi connectivity index (χ0) is 28.4. The molecule has 210 valence electrons. The van der Waals surface area contributed by atoms with Crippen molar-refractivity contribution < 1.29 is 14.0 Å². The first-order valence-corrected chi connectivity index (χ1v) is 15.2. The highest BCUT2D eigenvalue weighted by Crippen LogP contribution is 2.53. The van der Waals surface area contributed by atoms with Crippen molar-refractivity contribution in [2.24, 2.45) is 11.8 Å². The minimum absolute atomic E-state index is 0.0838. The van der Waals surface area contributed by atoms with Crippen molar-refractivity contribution in [3.8, 4) is 0 Å². The van der Waals surface area contributed by atoms with Crippen LogP contribution in [-0.2, 0) is 15.0 Å². The van der Waals surface area contributed by atoms with Crippen LogP contribution in [0, 0.1) is 31.5 Å². The molecule has 4 nitrogen and oxygen atoms in total. The first-order valence-electron chi connectivity index (χ1n) is 14.4. The van der Waals surface area contributed by atoms with Crippen LogP contribution in [-0.4, -0.2) is 41.3 Å². The van der Waals surface area contributed by atoms with Gasteiger partial charge in [-0.2, -0.15) is 0 Å². The smallest absolute Gasteiger partial charge is 0.237 e. The summed E-state index contributed by atoms with van der Waals surface area (Å²) in [6.45, 7) is 16.2. The monoisotopic (exact) mass is 596 g/mol. The Hall–Kier alpha value is -2.05. The van der Waals surface area contributed by atoms with Crippen LogP contribution in [0.15, 0.2) is 34.8 Å². The van der Waals surface area contributed by atoms with E-state index in [1.54, 1.807) is 0 Å². The van der Waals surface area contributed by atoms with Gasteiger partial charge in [0, 0.05) is 52.6 Å². The predicted octanol–water partition coefficient (Wildman–Crippen LogP) is 7.47. The third kappa shape index (κ3) is 4.80. The van der Waals surface area contributed by atoms with E-state index < -0.39 is 5.41 Å². The minimum Gasteiger partial charge on any atom is -0.309 e. The van der Waals surface area contributed by atoms with E-state index in [-0.39, 0.29) is 46.8 Å². The summed E-state index contributed by atoms with van der Waals surface area (Å²) in [5, 5.41) is 0. The summed E-state index contributed by atoms with van der Waals surface area (Å²) in [4.78, 5) is 32.5. The molecule has 2 aromatic carbocycles. The summed E-state index contributed by atoms with van der Waals surface area (Å²) < 4.78 is 15.9. The quantitative estimate of drug-likeness (QED) is 0.367. The molecule has 2 heterocycles. The molecule has 1 aliphatic carbocycles. The van der Waals surface area contributed by atoms with Crippen molar-refractivity contribution >= 4 is 33.3 Å². The number of hydrogen-bond acceptors (Lipinski definition) is 3. The van der Waals surface area contributed by atoms with Crippen LogP contribution in [0.2, 0.25) is 0 Å². The lowest BCUT2D eigenvalue weighted by Gasteiger charge is -2.37. The summed E-state index contributed by atoms with van der Waals surface area (Å²) in [6.07, 6.45) is 2.77. The highest BCUT2D eigenvalue weighted by atomic mass is 79.9. The van der Waals surface area contributed by atoms with Gasteiger partial charge in [0.05, 0.1) is 5.41 Å². The second-order valence-corrected chi connectivity index (χ2v) is 14.4. The second kappa shape index (κ2) is 10.1. The van der Waals surface area contributed by atoms with Gasteiger partial charge in [0.2, 0.25) is 5.91 Å². The van der Waals surface area contributed by atoms with Gasteiger partial charge in [0.1, 0.15) is 11.6 Å². The van der Waals surface area contributed by atoms with Gasteiger partial charge in [-0.3, -0.25) is 14.5 Å². The third-order valence-electron chi connectivity index (χ3n) is 9.77. The molecule has 1 amide bonds. The molecule has 0 radical (unpaired) electrons. The average molecular weight is 598 g/mol. The van der Waals surface area contributed by atoms with Gasteiger partial charge in [-0.25, -0.2) is 4.39 Å². The molecule has 39 heavy (non-hydrogen) atoms. The van der Waals surface area contributed by atoms with E-state index in [1.807, 2.05) is 17.0 Å². The fraction of sp³-hybridized carbons (Fsp3) is 0.576. The molecule has 5 rings (SSSR count). The Morgan fingerprint density at radius 1 is 1.05 bits per heavy atom. The number of hydrogen-bond donors (Lipinski definition) is 0. The van der Waals surface area contributed by atoms with E-state index in [9.17, 15) is 9.59 Å². The molecule has 1 saturated carbocycles. The summed E-state index contributed by atoms with van der Waals surface area (Å²) >= 11 is 3.37. The first kappa shape index (κ1) is 28.5. The lowest BCUT2D eigenvalue weighted by molar-refractivity contribution is -0.131. The molecule has 1 saturated heterocycles. The number of anilines is 1. The van der Waals surface area contributed by atoms with Crippen LogP contribution in [0.25, 0.3) is 0 Å². The maximum absolute atomic E-state index is 15.1. The van der Waals surface area contributed by atoms with Crippen molar-refractivity contribution in [3.63, 3.8) is 0 Å². The van der Waals surface area contributed by atoms with Gasteiger partial charge in [-0.05, 0) is 115 Å². The zero-order valence-corrected chi connectivity index (χ0v) is 26.0. The first-order chi connectivity index (χ1) is 18.2. The molecule has 6 heteroatoms. The van der Waals surface area contributed by atoms with Crippen LogP contribution in [0.4, 0.5) is 10.1 Å². The number of carbonyl (C=O) groups is 2. The lowest BCUT2D eigenvalue weighted by atomic mass is 9.65. The summed E-state index contributed by atoms with van der Waals surface area (Å²) in [7, 11) is 0. The number of likely N-dealkylation sites (tertiary alicyclic amines) is 1. The second-order valence-electron chi connectivity index (χ2n) is 13.4. The standard InChI is InChI=1S/C33H42BrFN2O2/c1-19(2)37-29-15-21(4)20(3)14-27(29)33(31(37)39)12-10-22(11-13-33)30(38)26-18-36(32(5,6)7)17-25(26)24-9-8-23(34)16-28(24)35/h8-9,14-16,19,22,25-26H,10-13,17-18H2,1-7H3/t22?,25-,26+,33?/m0/s1. The van der Waals surface area contributed by atoms with Gasteiger partial charge in [-0.15, -0.1) is 0 Å². The van der Waals surface area contributed by atoms with Crippen molar-refractivity contribution in [1.82, 2.24) is 4.90 Å². The zero-order valence-electron chi connectivity index (χ0n) is 24.4. The number of aryl methyl sites for hydroxylation is 2. The molecular weight excluding hydrogens is 555 g/mol. The normalized spacial score (nSPS) is 27.6. The number of nitrogens with zero attached hydrogens (tertiary/aromatic N) is 2. The van der Waals surface area contributed by atoms with Gasteiger partial charge in [0.15, 0.2) is 0 Å². The minimum atomic E-state index is -0.542. The van der Waals surface area contributed by atoms with Crippen LogP contribution < -0.4 is 4.90 Å². The van der Waals surface area contributed by atoms with E-state index in [1.165, 1.54) is 17.2 Å². The average Bonchev–Trinajstić information content (AvgIpc) is 3.39. The molecule has 2 atom stereocenters. The molecule has 2 aromatic rings. The number of rotatable bonds is 4. The molecule has 0 unspecified atom stereocenters. The highest BCUT2D eigenvalue weighted by Gasteiger charge is 2.54. The van der Waals surface area contributed by atoms with E-state index in [0.717, 1.165) is 11.3 Å². The lowest BCUT2D eigenvalue weighted by Crippen LogP contribution is -2.46. The van der Waals surface area contributed by atoms with E-state index in [2.05, 4.69) is 81.4 Å². The Morgan fingerprint density at radius 3 is 2.28 bits per heavy atom. The predicted molar refractivity (Wildman–Crippen MR) is 159 cm³/mol. The number of ketones is 1. The van der Waals surface area contributed by atoms with Crippen molar-refractivity contribution in [1.29, 1.82) is 0 Å². The van der Waals surface area contributed by atoms with Gasteiger partial charge < -0.3 is 4.90 Å². The number of benzene rings is 2. The fourth-order valence-electron chi connectivity index (χ4n) is 7.29. The van der Waals surface area contributed by atoms with Crippen LogP contribution in [0.1, 0.15) is 88.5 Å². The van der Waals surface area contributed by atoms with E-state index in [4.69, 9.17) is 0 Å². The fourth-order valence-corrected chi connectivity index (χ4v) is 7.62. The summed E-state index contributed by atoms with van der Waals surface area (Å²) in [5.74, 6) is -0.330. The maximum atomic E-state index is 15.1. The van der Waals surface area contributed by atoms with Gasteiger partial charge in [-0.1, -0.05) is 28.1 Å². The number of amides is 1. The number of carbonyl (C=O) groups excluding carboxylic acids is 2. The van der Waals surface area contributed by atoms with Crippen molar-refractivity contribution in [2.75, 3.05) is 18.0 Å². The number of Topliss-reactive ketones (excluding diaryl/α,β-unsaturated/α-hetero) is 1. The van der Waals surface area contributed by atoms with E-state index >= 15 is 4.39 Å². The largest absolute Gasteiger partial charge is 0.309 e. The van der Waals surface area contributed by atoms with Crippen LogP contribution in [0.3, 0.4) is 0 Å². The third-order valence-corrected chi connectivity index (χ3v) is 10.3. The molecule has 0 N–H and O–H groups in total. The number of fused-ring (bicyclic) bond motifs is 2. The SMILES string of the molecule is Cc1cc2c(cc1C)C1(CCC(C(=O)[C@@H]3CN(C(C)(C)C)C[C@H]3c3ccc(Br)cc3F)CC1)C(=O)N2C(C)C. The molecule has 3 aliphatic rings. The Bertz CT molecular complexity index is 1310. The van der Waals surface area contributed by atoms with Crippen molar-refractivity contribution in [3.05, 3.63) is 62.9 Å². The Kier molecular flexibility index (Phi) is 7.37. The van der Waals surface area contributed by atoms with Gasteiger partial charge in [0.25, 0.3) is 0 Å². The molecule has 2 aliphatic heterocycles. The summed E-state index contributed by atoms with van der Waals surface area (Å²) in [6, 6.07) is 9.70. The highest BCUT2D eigenvalue weighted by molar-refractivity contribution is 9.10. The van der Waals surface area contributed by atoms with Gasteiger partial charge >= 0.3 is 0 Å². The van der Waals surface area contributed by atoms with E-state index in [0.29, 0.717) is 48.8 Å². The number of halogens is 2. The molecule has 0 bridgehead atoms. The molecular formula is C33H42BrFN2O2.